The molecule has 0 bridgehead atoms. The van der Waals surface area contributed by atoms with E-state index in [2.05, 4.69) is 20.9 Å². The van der Waals surface area contributed by atoms with E-state index < -0.39 is 10.9 Å². The van der Waals surface area contributed by atoms with Gasteiger partial charge in [0.25, 0.3) is 5.69 Å². The minimum atomic E-state index is -0.886. The molecular formula is C9H9BrN2O4S. The number of pyridine rings is 1. The summed E-state index contributed by atoms with van der Waals surface area (Å²) >= 11 is 4.43. The fourth-order valence-electron chi connectivity index (χ4n) is 1.08. The van der Waals surface area contributed by atoms with Gasteiger partial charge in [-0.15, -0.1) is 11.8 Å². The van der Waals surface area contributed by atoms with E-state index in [0.29, 0.717) is 9.50 Å². The van der Waals surface area contributed by atoms with Crippen molar-refractivity contribution in [2.75, 3.05) is 0 Å². The van der Waals surface area contributed by atoms with Gasteiger partial charge in [-0.3, -0.25) is 14.9 Å². The van der Waals surface area contributed by atoms with Gasteiger partial charge in [-0.2, -0.15) is 0 Å². The van der Waals surface area contributed by atoms with Gasteiger partial charge in [0.1, 0.15) is 11.2 Å². The minimum absolute atomic E-state index is 0.00970. The summed E-state index contributed by atoms with van der Waals surface area (Å²) in [5.74, 6) is -0.886. The molecule has 1 N–H and O–H groups in total. The molecule has 0 fully saturated rings. The molecule has 92 valence electrons. The standard InChI is InChI=1S/C9H9BrN2O4S/c1-5(2-8(13)14)17-9-7(10)3-6(4-11-9)12(15)16/h3-5H,2H2,1H3,(H,13,14). The zero-order chi connectivity index (χ0) is 13.0. The van der Waals surface area contributed by atoms with E-state index in [1.807, 2.05) is 0 Å². The summed E-state index contributed by atoms with van der Waals surface area (Å²) in [6.07, 6.45) is 1.16. The molecule has 0 aliphatic heterocycles. The van der Waals surface area contributed by atoms with Crippen molar-refractivity contribution < 1.29 is 14.8 Å². The van der Waals surface area contributed by atoms with E-state index in [-0.39, 0.29) is 17.4 Å². The van der Waals surface area contributed by atoms with Crippen molar-refractivity contribution in [3.8, 4) is 0 Å². The first-order chi connectivity index (χ1) is 7.90. The summed E-state index contributed by atoms with van der Waals surface area (Å²) < 4.78 is 0.494. The molecule has 0 amide bonds. The van der Waals surface area contributed by atoms with E-state index in [4.69, 9.17) is 5.11 Å². The Morgan fingerprint density at radius 2 is 2.41 bits per heavy atom. The van der Waals surface area contributed by atoms with Crippen LogP contribution in [0.15, 0.2) is 21.8 Å². The van der Waals surface area contributed by atoms with Crippen LogP contribution in [0, 0.1) is 10.1 Å². The van der Waals surface area contributed by atoms with Gasteiger partial charge in [0, 0.05) is 11.3 Å². The number of nitrogens with zero attached hydrogens (tertiary/aromatic N) is 2. The number of hydrogen-bond donors (Lipinski definition) is 1. The van der Waals surface area contributed by atoms with Crippen LogP contribution in [0.5, 0.6) is 0 Å². The van der Waals surface area contributed by atoms with Gasteiger partial charge in [-0.25, -0.2) is 4.98 Å². The van der Waals surface area contributed by atoms with Crippen LogP contribution in [0.1, 0.15) is 13.3 Å². The molecule has 0 aliphatic rings. The third-order valence-corrected chi connectivity index (χ3v) is 3.76. The van der Waals surface area contributed by atoms with Crippen molar-refractivity contribution in [1.29, 1.82) is 0 Å². The SMILES string of the molecule is CC(CC(=O)O)Sc1ncc([N+](=O)[O-])cc1Br. The first-order valence-corrected chi connectivity index (χ1v) is 6.25. The Balaban J connectivity index is 2.79. The van der Waals surface area contributed by atoms with Gasteiger partial charge in [0.15, 0.2) is 0 Å². The molecule has 1 unspecified atom stereocenters. The number of nitro groups is 1. The van der Waals surface area contributed by atoms with E-state index in [0.717, 1.165) is 6.20 Å². The van der Waals surface area contributed by atoms with Gasteiger partial charge in [0.05, 0.1) is 15.8 Å². The predicted molar refractivity (Wildman–Crippen MR) is 66.2 cm³/mol. The second kappa shape index (κ2) is 5.97. The molecule has 6 nitrogen and oxygen atoms in total. The quantitative estimate of drug-likeness (QED) is 0.509. The van der Waals surface area contributed by atoms with E-state index in [9.17, 15) is 14.9 Å². The minimum Gasteiger partial charge on any atom is -0.481 e. The molecule has 17 heavy (non-hydrogen) atoms. The Hall–Kier alpha value is -1.15. The van der Waals surface area contributed by atoms with Crippen LogP contribution in [0.25, 0.3) is 0 Å². The number of carboxylic acid groups (broad SMARTS) is 1. The third-order valence-electron chi connectivity index (χ3n) is 1.78. The molecular weight excluding hydrogens is 312 g/mol. The predicted octanol–water partition coefficient (Wildman–Crippen LogP) is 2.71. The van der Waals surface area contributed by atoms with Crippen LogP contribution in [0.2, 0.25) is 0 Å². The maximum Gasteiger partial charge on any atom is 0.304 e. The first-order valence-electron chi connectivity index (χ1n) is 4.58. The number of thioether (sulfide) groups is 1. The summed E-state index contributed by atoms with van der Waals surface area (Å²) in [6.45, 7) is 1.76. The number of carbonyl (C=O) groups is 1. The van der Waals surface area contributed by atoms with Crippen molar-refractivity contribution in [3.63, 3.8) is 0 Å². The fourth-order valence-corrected chi connectivity index (χ4v) is 2.59. The molecule has 0 spiro atoms. The normalized spacial score (nSPS) is 12.1. The number of aromatic nitrogens is 1. The van der Waals surface area contributed by atoms with E-state index in [1.165, 1.54) is 17.8 Å². The highest BCUT2D eigenvalue weighted by molar-refractivity contribution is 9.10. The van der Waals surface area contributed by atoms with Crippen molar-refractivity contribution in [2.45, 2.75) is 23.6 Å². The maximum atomic E-state index is 10.5. The van der Waals surface area contributed by atoms with Crippen molar-refractivity contribution in [3.05, 3.63) is 26.9 Å². The molecule has 1 aromatic heterocycles. The van der Waals surface area contributed by atoms with Crippen LogP contribution < -0.4 is 0 Å². The number of rotatable bonds is 5. The smallest absolute Gasteiger partial charge is 0.304 e. The number of hydrogen-bond acceptors (Lipinski definition) is 5. The molecule has 1 rings (SSSR count). The summed E-state index contributed by atoms with van der Waals surface area (Å²) in [7, 11) is 0. The Morgan fingerprint density at radius 3 is 2.88 bits per heavy atom. The molecule has 8 heteroatoms. The van der Waals surface area contributed by atoms with Gasteiger partial charge < -0.3 is 5.11 Å². The van der Waals surface area contributed by atoms with E-state index >= 15 is 0 Å². The monoisotopic (exact) mass is 320 g/mol. The summed E-state index contributed by atoms with van der Waals surface area (Å²) in [5.41, 5.74) is -0.105. The van der Waals surface area contributed by atoms with Crippen molar-refractivity contribution in [1.82, 2.24) is 4.98 Å². The molecule has 1 aromatic rings. The molecule has 0 saturated carbocycles. The second-order valence-corrected chi connectivity index (χ2v) is 5.55. The zero-order valence-corrected chi connectivity index (χ0v) is 11.2. The van der Waals surface area contributed by atoms with Crippen molar-refractivity contribution in [2.24, 2.45) is 0 Å². The molecule has 1 heterocycles. The lowest BCUT2D eigenvalue weighted by Crippen LogP contribution is -2.06. The molecule has 1 atom stereocenters. The Morgan fingerprint density at radius 1 is 1.76 bits per heavy atom. The lowest BCUT2D eigenvalue weighted by Gasteiger charge is -2.08. The Kier molecular flexibility index (Phi) is 4.88. The molecule has 0 radical (unpaired) electrons. The van der Waals surface area contributed by atoms with Crippen LogP contribution in [-0.2, 0) is 4.79 Å². The van der Waals surface area contributed by atoms with Crippen LogP contribution in [-0.4, -0.2) is 26.2 Å². The van der Waals surface area contributed by atoms with Gasteiger partial charge in [-0.1, -0.05) is 6.92 Å². The van der Waals surface area contributed by atoms with E-state index in [1.54, 1.807) is 6.92 Å². The number of carboxylic acids is 1. The number of aliphatic carboxylic acids is 1. The second-order valence-electron chi connectivity index (χ2n) is 3.26. The highest BCUT2D eigenvalue weighted by Gasteiger charge is 2.15. The van der Waals surface area contributed by atoms with Gasteiger partial charge in [-0.05, 0) is 15.9 Å². The summed E-state index contributed by atoms with van der Waals surface area (Å²) in [4.78, 5) is 24.4. The van der Waals surface area contributed by atoms with Crippen LogP contribution >= 0.6 is 27.7 Å². The lowest BCUT2D eigenvalue weighted by molar-refractivity contribution is -0.385. The highest BCUT2D eigenvalue weighted by atomic mass is 79.9. The van der Waals surface area contributed by atoms with Crippen LogP contribution in [0.4, 0.5) is 5.69 Å². The Labute approximate surface area is 110 Å². The average Bonchev–Trinajstić information content (AvgIpc) is 2.19. The number of halogens is 1. The third kappa shape index (κ3) is 4.31. The first kappa shape index (κ1) is 13.9. The summed E-state index contributed by atoms with van der Waals surface area (Å²) in [6, 6.07) is 1.35. The van der Waals surface area contributed by atoms with Crippen LogP contribution in [0.3, 0.4) is 0 Å². The average molecular weight is 321 g/mol. The largest absolute Gasteiger partial charge is 0.481 e. The highest BCUT2D eigenvalue weighted by Crippen LogP contribution is 2.31. The molecule has 0 aromatic carbocycles. The molecule has 0 aliphatic carbocycles. The summed E-state index contributed by atoms with van der Waals surface area (Å²) in [5, 5.41) is 19.5. The van der Waals surface area contributed by atoms with Gasteiger partial charge in [0.2, 0.25) is 0 Å². The molecule has 0 saturated heterocycles. The zero-order valence-electron chi connectivity index (χ0n) is 8.79. The van der Waals surface area contributed by atoms with Gasteiger partial charge >= 0.3 is 5.97 Å². The topological polar surface area (TPSA) is 93.3 Å². The maximum absolute atomic E-state index is 10.5. The lowest BCUT2D eigenvalue weighted by atomic mass is 10.3. The fraction of sp³-hybridized carbons (Fsp3) is 0.333. The van der Waals surface area contributed by atoms with Crippen molar-refractivity contribution >= 4 is 39.3 Å². The Bertz CT molecular complexity index is 455.